The quantitative estimate of drug-likeness (QED) is 0.599. The molecule has 1 aromatic heterocycles. The minimum Gasteiger partial charge on any atom is -0.479 e. The van der Waals surface area contributed by atoms with Crippen LogP contribution in [0, 0.1) is 13.8 Å². The van der Waals surface area contributed by atoms with Gasteiger partial charge in [0, 0.05) is 18.4 Å². The molecule has 0 radical (unpaired) electrons. The number of amides is 1. The molecule has 2 N–H and O–H groups in total. The zero-order chi connectivity index (χ0) is 20.8. The Balaban J connectivity index is 1.54. The molecule has 0 aliphatic heterocycles. The lowest BCUT2D eigenvalue weighted by atomic mass is 10.0. The highest BCUT2D eigenvalue weighted by atomic mass is 16.4. The molecular formula is C23H24N2O4. The summed E-state index contributed by atoms with van der Waals surface area (Å²) in [6.07, 6.45) is 2.88. The number of nitrogens with one attached hydrogen (secondary N) is 1. The van der Waals surface area contributed by atoms with E-state index in [0.717, 1.165) is 16.7 Å². The van der Waals surface area contributed by atoms with Crippen LogP contribution in [0.2, 0.25) is 0 Å². The van der Waals surface area contributed by atoms with Gasteiger partial charge >= 0.3 is 5.97 Å². The number of carboxylic acid groups (broad SMARTS) is 1. The van der Waals surface area contributed by atoms with Crippen LogP contribution < -0.4 is 5.32 Å². The molecule has 0 saturated carbocycles. The van der Waals surface area contributed by atoms with E-state index in [0.29, 0.717) is 30.1 Å². The highest BCUT2D eigenvalue weighted by Crippen LogP contribution is 2.21. The molecule has 3 rings (SSSR count). The second kappa shape index (κ2) is 9.19. The monoisotopic (exact) mass is 392 g/mol. The normalized spacial score (nSPS) is 11.8. The van der Waals surface area contributed by atoms with Gasteiger partial charge in [-0.1, -0.05) is 48.5 Å². The lowest BCUT2D eigenvalue weighted by molar-refractivity contribution is -0.142. The van der Waals surface area contributed by atoms with Crippen molar-refractivity contribution >= 4 is 11.9 Å². The van der Waals surface area contributed by atoms with Gasteiger partial charge in [0.2, 0.25) is 5.91 Å². The van der Waals surface area contributed by atoms with Crippen LogP contribution in [0.3, 0.4) is 0 Å². The van der Waals surface area contributed by atoms with Crippen LogP contribution in [0.5, 0.6) is 0 Å². The van der Waals surface area contributed by atoms with E-state index in [1.54, 1.807) is 18.3 Å². The van der Waals surface area contributed by atoms with Gasteiger partial charge in [-0.3, -0.25) is 4.79 Å². The first-order chi connectivity index (χ1) is 13.9. The predicted molar refractivity (Wildman–Crippen MR) is 109 cm³/mol. The fraction of sp³-hybridized carbons (Fsp3) is 0.261. The first-order valence-electron chi connectivity index (χ1n) is 9.53. The molecule has 0 aliphatic rings. The number of aliphatic carboxylic acids is 1. The molecule has 0 spiro atoms. The third kappa shape index (κ3) is 5.31. The van der Waals surface area contributed by atoms with Gasteiger partial charge in [-0.2, -0.15) is 0 Å². The smallest absolute Gasteiger partial charge is 0.330 e. The Bertz CT molecular complexity index is 995. The van der Waals surface area contributed by atoms with Crippen molar-refractivity contribution in [2.24, 2.45) is 0 Å². The maximum absolute atomic E-state index is 12.3. The Kier molecular flexibility index (Phi) is 6.44. The largest absolute Gasteiger partial charge is 0.479 e. The Morgan fingerprint density at radius 1 is 1.10 bits per heavy atom. The SMILES string of the molecule is Cc1ccc(C(NC(=O)CCCc2ncc(-c3ccccc3)o2)C(=O)O)cc1C. The molecule has 2 aromatic carbocycles. The maximum atomic E-state index is 12.3. The van der Waals surface area contributed by atoms with Crippen LogP contribution in [0.15, 0.2) is 59.1 Å². The third-order valence-electron chi connectivity index (χ3n) is 4.82. The van der Waals surface area contributed by atoms with Crippen molar-refractivity contribution in [3.05, 3.63) is 77.3 Å². The minimum absolute atomic E-state index is 0.192. The minimum atomic E-state index is -1.08. The van der Waals surface area contributed by atoms with Crippen LogP contribution in [0.1, 0.15) is 41.5 Å². The second-order valence-electron chi connectivity index (χ2n) is 7.02. The van der Waals surface area contributed by atoms with Crippen LogP contribution in [0.25, 0.3) is 11.3 Å². The molecule has 29 heavy (non-hydrogen) atoms. The van der Waals surface area contributed by atoms with Crippen molar-refractivity contribution in [3.8, 4) is 11.3 Å². The van der Waals surface area contributed by atoms with E-state index in [4.69, 9.17) is 4.42 Å². The topological polar surface area (TPSA) is 92.4 Å². The molecule has 0 saturated heterocycles. The molecule has 6 heteroatoms. The van der Waals surface area contributed by atoms with Gasteiger partial charge in [0.05, 0.1) is 6.20 Å². The predicted octanol–water partition coefficient (Wildman–Crippen LogP) is 4.22. The summed E-state index contributed by atoms with van der Waals surface area (Å²) in [4.78, 5) is 28.2. The Labute approximate surface area is 169 Å². The second-order valence-corrected chi connectivity index (χ2v) is 7.02. The first kappa shape index (κ1) is 20.3. The molecule has 150 valence electrons. The van der Waals surface area contributed by atoms with Crippen molar-refractivity contribution in [2.45, 2.75) is 39.2 Å². The zero-order valence-electron chi connectivity index (χ0n) is 16.5. The average molecular weight is 392 g/mol. The van der Waals surface area contributed by atoms with Gasteiger partial charge < -0.3 is 14.8 Å². The number of carboxylic acids is 1. The number of nitrogens with zero attached hydrogens (tertiary/aromatic N) is 1. The zero-order valence-corrected chi connectivity index (χ0v) is 16.5. The number of aromatic nitrogens is 1. The van der Waals surface area contributed by atoms with Gasteiger partial charge in [0.1, 0.15) is 0 Å². The van der Waals surface area contributed by atoms with Gasteiger partial charge in [0.15, 0.2) is 17.7 Å². The lowest BCUT2D eigenvalue weighted by Gasteiger charge is -2.16. The van der Waals surface area contributed by atoms with Gasteiger partial charge in [-0.25, -0.2) is 9.78 Å². The molecule has 1 heterocycles. The standard InChI is InChI=1S/C23H24N2O4/c1-15-11-12-18(13-16(15)2)22(23(27)28)25-20(26)9-6-10-21-24-14-19(29-21)17-7-4-3-5-8-17/h3-5,7-8,11-14,22H,6,9-10H2,1-2H3,(H,25,26)(H,27,28). The van der Waals surface area contributed by atoms with Crippen molar-refractivity contribution in [3.63, 3.8) is 0 Å². The molecule has 1 amide bonds. The number of hydrogen-bond donors (Lipinski definition) is 2. The molecule has 6 nitrogen and oxygen atoms in total. The molecular weight excluding hydrogens is 368 g/mol. The molecule has 0 fully saturated rings. The summed E-state index contributed by atoms with van der Waals surface area (Å²) in [5.41, 5.74) is 3.57. The molecule has 3 aromatic rings. The Morgan fingerprint density at radius 3 is 2.55 bits per heavy atom. The lowest BCUT2D eigenvalue weighted by Crippen LogP contribution is -2.33. The van der Waals surface area contributed by atoms with E-state index in [-0.39, 0.29) is 12.3 Å². The summed E-state index contributed by atoms with van der Waals surface area (Å²) in [5, 5.41) is 12.1. The average Bonchev–Trinajstić information content (AvgIpc) is 3.18. The summed E-state index contributed by atoms with van der Waals surface area (Å²) < 4.78 is 5.73. The van der Waals surface area contributed by atoms with Gasteiger partial charge in [0.25, 0.3) is 0 Å². The third-order valence-corrected chi connectivity index (χ3v) is 4.82. The number of hydrogen-bond acceptors (Lipinski definition) is 4. The number of benzene rings is 2. The van der Waals surface area contributed by atoms with E-state index < -0.39 is 12.0 Å². The number of carbonyl (C=O) groups excluding carboxylic acids is 1. The van der Waals surface area contributed by atoms with Crippen molar-refractivity contribution in [2.75, 3.05) is 0 Å². The van der Waals surface area contributed by atoms with Gasteiger partial charge in [-0.05, 0) is 37.0 Å². The molecule has 1 atom stereocenters. The summed E-state index contributed by atoms with van der Waals surface area (Å²) in [5.74, 6) is -0.154. The maximum Gasteiger partial charge on any atom is 0.330 e. The fourth-order valence-corrected chi connectivity index (χ4v) is 3.03. The van der Waals surface area contributed by atoms with Crippen molar-refractivity contribution in [1.82, 2.24) is 10.3 Å². The van der Waals surface area contributed by atoms with E-state index in [1.165, 1.54) is 0 Å². The van der Waals surface area contributed by atoms with Crippen LogP contribution in [-0.2, 0) is 16.0 Å². The molecule has 0 aliphatic carbocycles. The van der Waals surface area contributed by atoms with Crippen LogP contribution in [0.4, 0.5) is 0 Å². The molecule has 1 unspecified atom stereocenters. The summed E-state index contributed by atoms with van der Waals surface area (Å²) in [6, 6.07) is 14.0. The van der Waals surface area contributed by atoms with Crippen molar-refractivity contribution < 1.29 is 19.1 Å². The number of carbonyl (C=O) groups is 2. The number of aryl methyl sites for hydroxylation is 3. The highest BCUT2D eigenvalue weighted by Gasteiger charge is 2.22. The fourth-order valence-electron chi connectivity index (χ4n) is 3.03. The summed E-state index contributed by atoms with van der Waals surface area (Å²) in [7, 11) is 0. The van der Waals surface area contributed by atoms with E-state index in [9.17, 15) is 14.7 Å². The van der Waals surface area contributed by atoms with Crippen molar-refractivity contribution in [1.29, 1.82) is 0 Å². The van der Waals surface area contributed by atoms with E-state index in [1.807, 2.05) is 50.2 Å². The van der Waals surface area contributed by atoms with E-state index >= 15 is 0 Å². The Morgan fingerprint density at radius 2 is 1.86 bits per heavy atom. The van der Waals surface area contributed by atoms with Crippen LogP contribution in [-0.4, -0.2) is 22.0 Å². The van der Waals surface area contributed by atoms with Crippen LogP contribution >= 0.6 is 0 Å². The summed E-state index contributed by atoms with van der Waals surface area (Å²) >= 11 is 0. The number of rotatable bonds is 8. The number of oxazole rings is 1. The molecule has 0 bridgehead atoms. The first-order valence-corrected chi connectivity index (χ1v) is 9.53. The highest BCUT2D eigenvalue weighted by molar-refractivity contribution is 5.84. The van der Waals surface area contributed by atoms with Gasteiger partial charge in [-0.15, -0.1) is 0 Å². The summed E-state index contributed by atoms with van der Waals surface area (Å²) in [6.45, 7) is 3.87. The van der Waals surface area contributed by atoms with E-state index in [2.05, 4.69) is 10.3 Å². The Hall–Kier alpha value is -3.41.